The van der Waals surface area contributed by atoms with E-state index in [1.54, 1.807) is 7.11 Å². The van der Waals surface area contributed by atoms with Crippen LogP contribution in [0, 0.1) is 6.92 Å². The van der Waals surface area contributed by atoms with Crippen LogP contribution in [0.3, 0.4) is 0 Å². The third kappa shape index (κ3) is 3.30. The second-order valence-corrected chi connectivity index (χ2v) is 5.76. The second-order valence-electron chi connectivity index (χ2n) is 4.41. The summed E-state index contributed by atoms with van der Waals surface area (Å²) in [6.45, 7) is 2.00. The van der Waals surface area contributed by atoms with Gasteiger partial charge in [0, 0.05) is 9.50 Å². The molecule has 2 rings (SSSR count). The summed E-state index contributed by atoms with van der Waals surface area (Å²) in [4.78, 5) is 0. The molecular weight excluding hydrogens is 326 g/mol. The van der Waals surface area contributed by atoms with Crippen LogP contribution < -0.4 is 10.5 Å². The van der Waals surface area contributed by atoms with Crippen molar-refractivity contribution in [2.45, 2.75) is 13.0 Å². The second kappa shape index (κ2) is 5.95. The lowest BCUT2D eigenvalue weighted by Crippen LogP contribution is -2.12. The Morgan fingerprint density at radius 1 is 1.16 bits per heavy atom. The number of benzene rings is 2. The van der Waals surface area contributed by atoms with Crippen molar-refractivity contribution in [2.75, 3.05) is 7.11 Å². The molecule has 100 valence electrons. The summed E-state index contributed by atoms with van der Waals surface area (Å²) in [5, 5.41) is 0.671. The Bertz CT molecular complexity index is 580. The number of halogens is 2. The van der Waals surface area contributed by atoms with Gasteiger partial charge in [-0.3, -0.25) is 0 Å². The highest BCUT2D eigenvalue weighted by Gasteiger charge is 2.12. The first-order chi connectivity index (χ1) is 9.01. The molecule has 0 radical (unpaired) electrons. The minimum absolute atomic E-state index is 0.209. The van der Waals surface area contributed by atoms with Crippen molar-refractivity contribution in [3.05, 3.63) is 62.6 Å². The Labute approximate surface area is 126 Å². The van der Waals surface area contributed by atoms with Gasteiger partial charge in [-0.1, -0.05) is 39.7 Å². The molecule has 0 aliphatic heterocycles. The van der Waals surface area contributed by atoms with E-state index in [0.29, 0.717) is 5.02 Å². The molecule has 2 N–H and O–H groups in total. The molecule has 0 saturated carbocycles. The zero-order chi connectivity index (χ0) is 14.0. The highest BCUT2D eigenvalue weighted by molar-refractivity contribution is 9.10. The molecule has 2 aromatic carbocycles. The molecule has 0 aliphatic carbocycles. The van der Waals surface area contributed by atoms with Gasteiger partial charge in [0.25, 0.3) is 0 Å². The van der Waals surface area contributed by atoms with Crippen LogP contribution in [0.25, 0.3) is 0 Å². The lowest BCUT2D eigenvalue weighted by Gasteiger charge is -2.15. The van der Waals surface area contributed by atoms with Crippen molar-refractivity contribution in [3.63, 3.8) is 0 Å². The van der Waals surface area contributed by atoms with E-state index in [0.717, 1.165) is 26.9 Å². The van der Waals surface area contributed by atoms with E-state index < -0.39 is 0 Å². The maximum absolute atomic E-state index is 6.29. The van der Waals surface area contributed by atoms with E-state index in [2.05, 4.69) is 15.9 Å². The fourth-order valence-electron chi connectivity index (χ4n) is 2.04. The predicted octanol–water partition coefficient (Wildman–Crippen LogP) is 4.47. The molecule has 0 bridgehead atoms. The van der Waals surface area contributed by atoms with Crippen LogP contribution >= 0.6 is 27.5 Å². The number of hydrogen-bond acceptors (Lipinski definition) is 2. The van der Waals surface area contributed by atoms with Crippen LogP contribution in [-0.2, 0) is 0 Å². The quantitative estimate of drug-likeness (QED) is 0.895. The summed E-state index contributed by atoms with van der Waals surface area (Å²) in [5.74, 6) is 0.864. The van der Waals surface area contributed by atoms with Gasteiger partial charge in [0.1, 0.15) is 5.75 Å². The number of nitrogens with two attached hydrogens (primary N) is 1. The molecule has 0 amide bonds. The Hall–Kier alpha value is -1.03. The van der Waals surface area contributed by atoms with Gasteiger partial charge in [-0.05, 0) is 47.9 Å². The molecule has 1 atom stereocenters. The highest BCUT2D eigenvalue weighted by atomic mass is 79.9. The van der Waals surface area contributed by atoms with Gasteiger partial charge in [0.05, 0.1) is 13.2 Å². The molecule has 0 fully saturated rings. The smallest absolute Gasteiger partial charge is 0.121 e. The van der Waals surface area contributed by atoms with Crippen molar-refractivity contribution >= 4 is 27.5 Å². The summed E-state index contributed by atoms with van der Waals surface area (Å²) >= 11 is 9.49. The number of rotatable bonds is 3. The van der Waals surface area contributed by atoms with Gasteiger partial charge in [0.2, 0.25) is 0 Å². The summed E-state index contributed by atoms with van der Waals surface area (Å²) in [7, 11) is 1.66. The van der Waals surface area contributed by atoms with Gasteiger partial charge >= 0.3 is 0 Å². The van der Waals surface area contributed by atoms with Crippen molar-refractivity contribution in [2.24, 2.45) is 5.73 Å². The summed E-state index contributed by atoms with van der Waals surface area (Å²) in [6, 6.07) is 11.5. The van der Waals surface area contributed by atoms with Gasteiger partial charge in [-0.25, -0.2) is 0 Å². The topological polar surface area (TPSA) is 35.2 Å². The number of ether oxygens (including phenoxy) is 1. The zero-order valence-electron chi connectivity index (χ0n) is 10.8. The lowest BCUT2D eigenvalue weighted by atomic mass is 9.98. The third-order valence-corrected chi connectivity index (χ3v) is 3.70. The van der Waals surface area contributed by atoms with Crippen molar-refractivity contribution in [1.29, 1.82) is 0 Å². The molecule has 0 saturated heterocycles. The summed E-state index contributed by atoms with van der Waals surface area (Å²) < 4.78 is 6.18. The number of methoxy groups -OCH3 is 1. The molecule has 0 spiro atoms. The molecular formula is C15H15BrClNO. The Balaban J connectivity index is 2.38. The Morgan fingerprint density at radius 2 is 1.89 bits per heavy atom. The van der Waals surface area contributed by atoms with Crippen LogP contribution in [0.1, 0.15) is 22.7 Å². The zero-order valence-corrected chi connectivity index (χ0v) is 13.1. The molecule has 2 aromatic rings. The van der Waals surface area contributed by atoms with E-state index in [1.807, 2.05) is 43.3 Å². The first-order valence-corrected chi connectivity index (χ1v) is 7.04. The van der Waals surface area contributed by atoms with Crippen molar-refractivity contribution in [1.82, 2.24) is 0 Å². The molecule has 0 heterocycles. The normalized spacial score (nSPS) is 12.3. The average molecular weight is 341 g/mol. The Kier molecular flexibility index (Phi) is 4.50. The predicted molar refractivity (Wildman–Crippen MR) is 82.9 cm³/mol. The van der Waals surface area contributed by atoms with Gasteiger partial charge in [0.15, 0.2) is 0 Å². The van der Waals surface area contributed by atoms with Gasteiger partial charge < -0.3 is 10.5 Å². The van der Waals surface area contributed by atoms with Crippen LogP contribution in [-0.4, -0.2) is 7.11 Å². The monoisotopic (exact) mass is 339 g/mol. The molecule has 19 heavy (non-hydrogen) atoms. The van der Waals surface area contributed by atoms with Crippen LogP contribution in [0.4, 0.5) is 0 Å². The van der Waals surface area contributed by atoms with E-state index in [1.165, 1.54) is 0 Å². The van der Waals surface area contributed by atoms with E-state index in [9.17, 15) is 0 Å². The fourth-order valence-corrected chi connectivity index (χ4v) is 2.93. The van der Waals surface area contributed by atoms with Crippen LogP contribution in [0.2, 0.25) is 5.02 Å². The largest absolute Gasteiger partial charge is 0.496 e. The average Bonchev–Trinajstić information content (AvgIpc) is 2.36. The fraction of sp³-hybridized carbons (Fsp3) is 0.200. The van der Waals surface area contributed by atoms with E-state index in [-0.39, 0.29) is 6.04 Å². The first-order valence-electron chi connectivity index (χ1n) is 5.87. The van der Waals surface area contributed by atoms with E-state index in [4.69, 9.17) is 22.1 Å². The maximum Gasteiger partial charge on any atom is 0.121 e. The first kappa shape index (κ1) is 14.4. The third-order valence-electron chi connectivity index (χ3n) is 3.02. The molecule has 2 nitrogen and oxygen atoms in total. The molecule has 0 aromatic heterocycles. The van der Waals surface area contributed by atoms with Gasteiger partial charge in [-0.2, -0.15) is 0 Å². The molecule has 0 aliphatic rings. The lowest BCUT2D eigenvalue weighted by molar-refractivity contribution is 0.411. The summed E-state index contributed by atoms with van der Waals surface area (Å²) in [5.41, 5.74) is 9.37. The Morgan fingerprint density at radius 3 is 2.47 bits per heavy atom. The number of aryl methyl sites for hydroxylation is 1. The van der Waals surface area contributed by atoms with E-state index >= 15 is 0 Å². The van der Waals surface area contributed by atoms with Gasteiger partial charge in [-0.15, -0.1) is 0 Å². The number of hydrogen-bond donors (Lipinski definition) is 1. The molecule has 1 unspecified atom stereocenters. The highest BCUT2D eigenvalue weighted by Crippen LogP contribution is 2.28. The standard InChI is InChI=1S/C15H15BrClNO/c1-9-5-10(3-4-14(9)19-2)15(18)11-6-12(16)8-13(17)7-11/h3-8,15H,18H2,1-2H3. The SMILES string of the molecule is COc1ccc(C(N)c2cc(Cl)cc(Br)c2)cc1C. The van der Waals surface area contributed by atoms with Crippen molar-refractivity contribution < 1.29 is 4.74 Å². The van der Waals surface area contributed by atoms with Crippen LogP contribution in [0.15, 0.2) is 40.9 Å². The summed E-state index contributed by atoms with van der Waals surface area (Å²) in [6.07, 6.45) is 0. The van der Waals surface area contributed by atoms with Crippen molar-refractivity contribution in [3.8, 4) is 5.75 Å². The van der Waals surface area contributed by atoms with Crippen LogP contribution in [0.5, 0.6) is 5.75 Å². The minimum atomic E-state index is -0.209. The molecule has 4 heteroatoms. The minimum Gasteiger partial charge on any atom is -0.496 e. The maximum atomic E-state index is 6.29.